The maximum atomic E-state index is 5.88. The van der Waals surface area contributed by atoms with Crippen LogP contribution in [0.2, 0.25) is 0 Å². The SMILES string of the molecule is CCOCCOC(OCCOCC)c1cccc2cccnc12. The lowest BCUT2D eigenvalue weighted by Gasteiger charge is -2.20. The molecule has 0 spiro atoms. The van der Waals surface area contributed by atoms with Crippen LogP contribution in [0.5, 0.6) is 0 Å². The normalized spacial score (nSPS) is 11.4. The van der Waals surface area contributed by atoms with Crippen LogP contribution in [0.4, 0.5) is 0 Å². The van der Waals surface area contributed by atoms with Crippen LogP contribution in [-0.2, 0) is 18.9 Å². The van der Waals surface area contributed by atoms with E-state index in [1.807, 2.05) is 44.2 Å². The summed E-state index contributed by atoms with van der Waals surface area (Å²) in [5.41, 5.74) is 1.82. The number of ether oxygens (including phenoxy) is 4. The molecule has 5 nitrogen and oxygen atoms in total. The van der Waals surface area contributed by atoms with Crippen molar-refractivity contribution in [1.29, 1.82) is 0 Å². The van der Waals surface area contributed by atoms with E-state index in [0.29, 0.717) is 39.6 Å². The van der Waals surface area contributed by atoms with Gasteiger partial charge in [-0.25, -0.2) is 0 Å². The number of nitrogens with zero attached hydrogens (tertiary/aromatic N) is 1. The molecule has 2 aromatic rings. The molecule has 2 rings (SSSR count). The third kappa shape index (κ3) is 5.55. The first-order valence-electron chi connectivity index (χ1n) is 8.09. The molecule has 0 saturated carbocycles. The molecule has 0 aliphatic heterocycles. The predicted octanol–water partition coefficient (Wildman–Crippen LogP) is 3.34. The average Bonchev–Trinajstić information content (AvgIpc) is 2.60. The maximum Gasteiger partial charge on any atom is 0.186 e. The molecule has 0 radical (unpaired) electrons. The summed E-state index contributed by atoms with van der Waals surface area (Å²) >= 11 is 0. The van der Waals surface area contributed by atoms with Crippen molar-refractivity contribution < 1.29 is 18.9 Å². The molecule has 23 heavy (non-hydrogen) atoms. The van der Waals surface area contributed by atoms with Gasteiger partial charge in [0.1, 0.15) is 0 Å². The lowest BCUT2D eigenvalue weighted by atomic mass is 10.1. The molecular formula is C18H25NO4. The van der Waals surface area contributed by atoms with Gasteiger partial charge in [0.05, 0.1) is 31.9 Å². The third-order valence-corrected chi connectivity index (χ3v) is 3.32. The fourth-order valence-electron chi connectivity index (χ4n) is 2.26. The molecule has 0 bridgehead atoms. The van der Waals surface area contributed by atoms with Gasteiger partial charge >= 0.3 is 0 Å². The van der Waals surface area contributed by atoms with Crippen LogP contribution in [0.3, 0.4) is 0 Å². The zero-order valence-corrected chi connectivity index (χ0v) is 13.9. The molecule has 0 aliphatic carbocycles. The van der Waals surface area contributed by atoms with Gasteiger partial charge in [0, 0.05) is 30.4 Å². The predicted molar refractivity (Wildman–Crippen MR) is 89.4 cm³/mol. The Hall–Kier alpha value is -1.53. The van der Waals surface area contributed by atoms with E-state index in [0.717, 1.165) is 16.5 Å². The van der Waals surface area contributed by atoms with Crippen LogP contribution in [0.1, 0.15) is 25.7 Å². The van der Waals surface area contributed by atoms with Crippen LogP contribution in [0.15, 0.2) is 36.5 Å². The van der Waals surface area contributed by atoms with Crippen LogP contribution in [-0.4, -0.2) is 44.6 Å². The Morgan fingerprint density at radius 1 is 0.870 bits per heavy atom. The zero-order valence-electron chi connectivity index (χ0n) is 13.9. The van der Waals surface area contributed by atoms with Gasteiger partial charge in [-0.3, -0.25) is 4.98 Å². The summed E-state index contributed by atoms with van der Waals surface area (Å²) in [4.78, 5) is 4.47. The van der Waals surface area contributed by atoms with E-state index in [1.54, 1.807) is 6.20 Å². The van der Waals surface area contributed by atoms with Crippen molar-refractivity contribution in [2.75, 3.05) is 39.6 Å². The molecule has 0 atom stereocenters. The van der Waals surface area contributed by atoms with Gasteiger partial charge in [-0.15, -0.1) is 0 Å². The highest BCUT2D eigenvalue weighted by atomic mass is 16.7. The first kappa shape index (κ1) is 17.8. The summed E-state index contributed by atoms with van der Waals surface area (Å²) in [7, 11) is 0. The quantitative estimate of drug-likeness (QED) is 0.469. The van der Waals surface area contributed by atoms with Crippen molar-refractivity contribution in [1.82, 2.24) is 4.98 Å². The molecule has 1 aromatic heterocycles. The monoisotopic (exact) mass is 319 g/mol. The smallest absolute Gasteiger partial charge is 0.186 e. The van der Waals surface area contributed by atoms with E-state index in [1.165, 1.54) is 0 Å². The Labute approximate surface area is 137 Å². The largest absolute Gasteiger partial charge is 0.379 e. The third-order valence-electron chi connectivity index (χ3n) is 3.32. The molecule has 0 N–H and O–H groups in total. The van der Waals surface area contributed by atoms with Gasteiger partial charge in [0.15, 0.2) is 6.29 Å². The van der Waals surface area contributed by atoms with Crippen LogP contribution < -0.4 is 0 Å². The first-order valence-corrected chi connectivity index (χ1v) is 8.09. The van der Waals surface area contributed by atoms with Gasteiger partial charge in [-0.05, 0) is 19.9 Å². The molecule has 1 heterocycles. The van der Waals surface area contributed by atoms with Crippen molar-refractivity contribution in [2.45, 2.75) is 20.1 Å². The number of rotatable bonds is 11. The summed E-state index contributed by atoms with van der Waals surface area (Å²) in [6.07, 6.45) is 1.30. The second kappa shape index (κ2) is 10.3. The highest BCUT2D eigenvalue weighted by Crippen LogP contribution is 2.26. The van der Waals surface area contributed by atoms with Crippen molar-refractivity contribution in [2.24, 2.45) is 0 Å². The summed E-state index contributed by atoms with van der Waals surface area (Å²) < 4.78 is 22.4. The van der Waals surface area contributed by atoms with Crippen molar-refractivity contribution in [3.05, 3.63) is 42.1 Å². The number of hydrogen-bond donors (Lipinski definition) is 0. The van der Waals surface area contributed by atoms with Crippen LogP contribution >= 0.6 is 0 Å². The van der Waals surface area contributed by atoms with Crippen molar-refractivity contribution in [3.63, 3.8) is 0 Å². The minimum Gasteiger partial charge on any atom is -0.379 e. The van der Waals surface area contributed by atoms with E-state index in [4.69, 9.17) is 18.9 Å². The molecule has 0 aliphatic rings. The Morgan fingerprint density at radius 2 is 1.52 bits per heavy atom. The van der Waals surface area contributed by atoms with E-state index in [2.05, 4.69) is 4.98 Å². The fourth-order valence-corrected chi connectivity index (χ4v) is 2.26. The lowest BCUT2D eigenvalue weighted by Crippen LogP contribution is -2.16. The van der Waals surface area contributed by atoms with Gasteiger partial charge in [0.25, 0.3) is 0 Å². The second-order valence-corrected chi connectivity index (χ2v) is 4.89. The minimum atomic E-state index is -0.477. The Morgan fingerprint density at radius 3 is 2.17 bits per heavy atom. The van der Waals surface area contributed by atoms with Gasteiger partial charge < -0.3 is 18.9 Å². The molecule has 0 saturated heterocycles. The highest BCUT2D eigenvalue weighted by Gasteiger charge is 2.16. The second-order valence-electron chi connectivity index (χ2n) is 4.89. The molecular weight excluding hydrogens is 294 g/mol. The van der Waals surface area contributed by atoms with Crippen molar-refractivity contribution >= 4 is 10.9 Å². The molecule has 0 amide bonds. The van der Waals surface area contributed by atoms with Gasteiger partial charge in [0.2, 0.25) is 0 Å². The molecule has 1 aromatic carbocycles. The first-order chi connectivity index (χ1) is 11.4. The molecule has 0 fully saturated rings. The van der Waals surface area contributed by atoms with E-state index in [-0.39, 0.29) is 0 Å². The van der Waals surface area contributed by atoms with E-state index < -0.39 is 6.29 Å². The van der Waals surface area contributed by atoms with Crippen LogP contribution in [0.25, 0.3) is 10.9 Å². The number of benzene rings is 1. The number of pyridine rings is 1. The topological polar surface area (TPSA) is 49.8 Å². The highest BCUT2D eigenvalue weighted by molar-refractivity contribution is 5.81. The van der Waals surface area contributed by atoms with Crippen molar-refractivity contribution in [3.8, 4) is 0 Å². The number of aromatic nitrogens is 1. The molecule has 5 heteroatoms. The summed E-state index contributed by atoms with van der Waals surface area (Å²) in [5, 5.41) is 1.07. The van der Waals surface area contributed by atoms with E-state index in [9.17, 15) is 0 Å². The van der Waals surface area contributed by atoms with Gasteiger partial charge in [-0.1, -0.05) is 24.3 Å². The standard InChI is InChI=1S/C18H25NO4/c1-3-20-11-13-22-18(23-14-12-21-4-2)16-9-5-7-15-8-6-10-19-17(15)16/h5-10,18H,3-4,11-14H2,1-2H3. The summed E-state index contributed by atoms with van der Waals surface area (Å²) in [6, 6.07) is 9.96. The summed E-state index contributed by atoms with van der Waals surface area (Å²) in [6.45, 7) is 7.30. The van der Waals surface area contributed by atoms with Gasteiger partial charge in [-0.2, -0.15) is 0 Å². The molecule has 0 unspecified atom stereocenters. The lowest BCUT2D eigenvalue weighted by molar-refractivity contribution is -0.161. The zero-order chi connectivity index (χ0) is 16.3. The summed E-state index contributed by atoms with van der Waals surface area (Å²) in [5.74, 6) is 0. The number of fused-ring (bicyclic) bond motifs is 1. The Balaban J connectivity index is 2.09. The maximum absolute atomic E-state index is 5.88. The van der Waals surface area contributed by atoms with Crippen LogP contribution in [0, 0.1) is 0 Å². The Kier molecular flexibility index (Phi) is 7.97. The Bertz CT molecular complexity index is 558. The fraction of sp³-hybridized carbons (Fsp3) is 0.500. The number of hydrogen-bond acceptors (Lipinski definition) is 5. The number of para-hydroxylation sites is 1. The van der Waals surface area contributed by atoms with E-state index >= 15 is 0 Å². The minimum absolute atomic E-state index is 0.469. The average molecular weight is 319 g/mol. The molecule has 126 valence electrons.